The number of rotatable bonds is 8. The second-order valence-electron chi connectivity index (χ2n) is 7.72. The van der Waals surface area contributed by atoms with Crippen LogP contribution in [0, 0.1) is 5.92 Å². The van der Waals surface area contributed by atoms with Gasteiger partial charge in [-0.15, -0.1) is 0 Å². The van der Waals surface area contributed by atoms with Crippen molar-refractivity contribution in [3.05, 3.63) is 23.3 Å². The van der Waals surface area contributed by atoms with Crippen molar-refractivity contribution in [1.82, 2.24) is 9.80 Å². The fourth-order valence-electron chi connectivity index (χ4n) is 4.43. The molecule has 3 rings (SSSR count). The quantitative estimate of drug-likeness (QED) is 0.631. The Morgan fingerprint density at radius 2 is 2.04 bits per heavy atom. The van der Waals surface area contributed by atoms with Gasteiger partial charge in [-0.2, -0.15) is 0 Å². The highest BCUT2D eigenvalue weighted by Crippen LogP contribution is 2.41. The van der Waals surface area contributed by atoms with Gasteiger partial charge in [0.05, 0.1) is 26.9 Å². The minimum absolute atomic E-state index is 0.0349. The third kappa shape index (κ3) is 4.05. The molecule has 0 amide bonds. The Morgan fingerprint density at radius 1 is 1.32 bits per heavy atom. The van der Waals surface area contributed by atoms with E-state index in [0.29, 0.717) is 31.0 Å². The number of Topliss-reactive ketones (excluding diaryl/α,β-unsaturated/α-hetero) is 1. The standard InChI is InChI=1S/C21H29FN2O4/c1-23(12-14(11-22)5-7-25)18-13-24-6-4-15-8-20(27-2)21(28-3)9-16(15)17(24)10-19(18)26/h7-9,14,17-18H,4-6,10-13H2,1-3H3. The van der Waals surface area contributed by atoms with E-state index in [0.717, 1.165) is 24.8 Å². The zero-order valence-electron chi connectivity index (χ0n) is 16.8. The van der Waals surface area contributed by atoms with Crippen LogP contribution in [-0.2, 0) is 16.0 Å². The monoisotopic (exact) mass is 392 g/mol. The van der Waals surface area contributed by atoms with Crippen molar-refractivity contribution in [2.45, 2.75) is 31.3 Å². The number of piperidine rings is 1. The number of ether oxygens (including phenoxy) is 2. The van der Waals surface area contributed by atoms with Gasteiger partial charge in [0.15, 0.2) is 17.3 Å². The van der Waals surface area contributed by atoms with Gasteiger partial charge in [-0.3, -0.25) is 19.0 Å². The van der Waals surface area contributed by atoms with Gasteiger partial charge in [0.25, 0.3) is 0 Å². The molecule has 2 aliphatic heterocycles. The molecule has 2 aliphatic rings. The summed E-state index contributed by atoms with van der Waals surface area (Å²) in [5.41, 5.74) is 2.32. The van der Waals surface area contributed by atoms with E-state index in [9.17, 15) is 14.0 Å². The number of hydrogen-bond donors (Lipinski definition) is 0. The number of halogens is 1. The highest BCUT2D eigenvalue weighted by Gasteiger charge is 2.40. The Morgan fingerprint density at radius 3 is 2.68 bits per heavy atom. The number of carbonyl (C=O) groups is 2. The molecule has 7 heteroatoms. The molecule has 1 aromatic carbocycles. The van der Waals surface area contributed by atoms with Crippen LogP contribution < -0.4 is 9.47 Å². The van der Waals surface area contributed by atoms with Crippen molar-refractivity contribution in [2.24, 2.45) is 5.92 Å². The first-order chi connectivity index (χ1) is 13.5. The van der Waals surface area contributed by atoms with E-state index in [2.05, 4.69) is 4.90 Å². The molecule has 3 atom stereocenters. The maximum atomic E-state index is 13.1. The Balaban J connectivity index is 1.77. The summed E-state index contributed by atoms with van der Waals surface area (Å²) in [7, 11) is 5.09. The zero-order valence-corrected chi connectivity index (χ0v) is 16.8. The lowest BCUT2D eigenvalue weighted by molar-refractivity contribution is -0.130. The van der Waals surface area contributed by atoms with Crippen molar-refractivity contribution in [3.8, 4) is 11.5 Å². The maximum Gasteiger partial charge on any atom is 0.161 e. The molecule has 0 N–H and O–H groups in total. The summed E-state index contributed by atoms with van der Waals surface area (Å²) in [4.78, 5) is 27.9. The van der Waals surface area contributed by atoms with Gasteiger partial charge in [0.2, 0.25) is 0 Å². The predicted octanol–water partition coefficient (Wildman–Crippen LogP) is 2.05. The number of alkyl halides is 1. The van der Waals surface area contributed by atoms with Crippen LogP contribution in [0.2, 0.25) is 0 Å². The summed E-state index contributed by atoms with van der Waals surface area (Å²) in [6.45, 7) is 1.34. The largest absolute Gasteiger partial charge is 0.493 e. The molecule has 0 radical (unpaired) electrons. The lowest BCUT2D eigenvalue weighted by Crippen LogP contribution is -2.55. The molecule has 3 unspecified atom stereocenters. The first-order valence-corrected chi connectivity index (χ1v) is 9.73. The van der Waals surface area contributed by atoms with E-state index in [4.69, 9.17) is 9.47 Å². The number of carbonyl (C=O) groups excluding carboxylic acids is 2. The lowest BCUT2D eigenvalue weighted by atomic mass is 9.84. The van der Waals surface area contributed by atoms with Crippen LogP contribution in [0.15, 0.2) is 12.1 Å². The summed E-state index contributed by atoms with van der Waals surface area (Å²) < 4.78 is 24.0. The normalized spacial score (nSPS) is 23.1. The topological polar surface area (TPSA) is 59.1 Å². The Kier molecular flexibility index (Phi) is 6.67. The second-order valence-corrected chi connectivity index (χ2v) is 7.72. The molecule has 1 aromatic rings. The first kappa shape index (κ1) is 20.7. The first-order valence-electron chi connectivity index (χ1n) is 9.73. The SMILES string of the molecule is COc1cc2c(cc1OC)C1CC(=O)C(N(C)CC(CF)CC=O)CN1CC2. The fourth-order valence-corrected chi connectivity index (χ4v) is 4.43. The van der Waals surface area contributed by atoms with E-state index in [1.807, 2.05) is 24.1 Å². The van der Waals surface area contributed by atoms with Crippen LogP contribution in [-0.4, -0.2) is 75.5 Å². The molecule has 0 spiro atoms. The van der Waals surface area contributed by atoms with E-state index in [1.165, 1.54) is 5.56 Å². The molecular formula is C21H29FN2O4. The number of hydrogen-bond acceptors (Lipinski definition) is 6. The van der Waals surface area contributed by atoms with E-state index in [-0.39, 0.29) is 30.2 Å². The van der Waals surface area contributed by atoms with Gasteiger partial charge in [0.1, 0.15) is 6.29 Å². The van der Waals surface area contributed by atoms with Crippen molar-refractivity contribution >= 4 is 12.1 Å². The third-order valence-electron chi connectivity index (χ3n) is 6.01. The van der Waals surface area contributed by atoms with Gasteiger partial charge in [-0.25, -0.2) is 0 Å². The number of benzene rings is 1. The number of aldehydes is 1. The molecule has 154 valence electrons. The van der Waals surface area contributed by atoms with E-state index in [1.54, 1.807) is 14.2 Å². The summed E-state index contributed by atoms with van der Waals surface area (Å²) in [6, 6.07) is 3.77. The summed E-state index contributed by atoms with van der Waals surface area (Å²) in [6.07, 6.45) is 2.24. The molecule has 0 saturated carbocycles. The molecule has 0 aliphatic carbocycles. The number of likely N-dealkylation sites (N-methyl/N-ethyl adjacent to an activating group) is 1. The molecule has 0 aromatic heterocycles. The minimum Gasteiger partial charge on any atom is -0.493 e. The van der Waals surface area contributed by atoms with Gasteiger partial charge < -0.3 is 14.3 Å². The second kappa shape index (κ2) is 9.01. The molecule has 28 heavy (non-hydrogen) atoms. The smallest absolute Gasteiger partial charge is 0.161 e. The van der Waals surface area contributed by atoms with Gasteiger partial charge in [-0.1, -0.05) is 0 Å². The average molecular weight is 392 g/mol. The molecule has 0 bridgehead atoms. The Bertz CT molecular complexity index is 727. The summed E-state index contributed by atoms with van der Waals surface area (Å²) >= 11 is 0. The van der Waals surface area contributed by atoms with Crippen LogP contribution in [0.4, 0.5) is 4.39 Å². The number of nitrogens with zero attached hydrogens (tertiary/aromatic N) is 2. The summed E-state index contributed by atoms with van der Waals surface area (Å²) in [5.74, 6) is 1.19. The van der Waals surface area contributed by atoms with Gasteiger partial charge in [0, 0.05) is 44.4 Å². The van der Waals surface area contributed by atoms with E-state index < -0.39 is 6.67 Å². The maximum absolute atomic E-state index is 13.1. The Hall–Kier alpha value is -1.99. The molecule has 6 nitrogen and oxygen atoms in total. The van der Waals surface area contributed by atoms with Crippen molar-refractivity contribution in [2.75, 3.05) is 47.6 Å². The molecular weight excluding hydrogens is 363 g/mol. The van der Waals surface area contributed by atoms with Gasteiger partial charge >= 0.3 is 0 Å². The zero-order chi connectivity index (χ0) is 20.3. The van der Waals surface area contributed by atoms with Crippen molar-refractivity contribution in [1.29, 1.82) is 0 Å². The van der Waals surface area contributed by atoms with Crippen LogP contribution in [0.5, 0.6) is 11.5 Å². The minimum atomic E-state index is -0.550. The van der Waals surface area contributed by atoms with Crippen molar-refractivity contribution < 1.29 is 23.5 Å². The van der Waals surface area contributed by atoms with Crippen molar-refractivity contribution in [3.63, 3.8) is 0 Å². The van der Waals surface area contributed by atoms with Crippen LogP contribution in [0.25, 0.3) is 0 Å². The number of methoxy groups -OCH3 is 2. The lowest BCUT2D eigenvalue weighted by Gasteiger charge is -2.45. The third-order valence-corrected chi connectivity index (χ3v) is 6.01. The fraction of sp³-hybridized carbons (Fsp3) is 0.619. The van der Waals surface area contributed by atoms with Crippen LogP contribution in [0.3, 0.4) is 0 Å². The molecule has 1 saturated heterocycles. The predicted molar refractivity (Wildman–Crippen MR) is 104 cm³/mol. The highest BCUT2D eigenvalue weighted by molar-refractivity contribution is 5.86. The summed E-state index contributed by atoms with van der Waals surface area (Å²) in [5, 5.41) is 0. The highest BCUT2D eigenvalue weighted by atomic mass is 19.1. The van der Waals surface area contributed by atoms with E-state index >= 15 is 0 Å². The Labute approximate surface area is 165 Å². The number of fused-ring (bicyclic) bond motifs is 3. The van der Waals surface area contributed by atoms with Crippen LogP contribution in [0.1, 0.15) is 30.0 Å². The molecule has 2 heterocycles. The van der Waals surface area contributed by atoms with Gasteiger partial charge in [-0.05, 0) is 36.7 Å². The molecule has 1 fully saturated rings. The number of ketones is 1. The van der Waals surface area contributed by atoms with Crippen LogP contribution >= 0.6 is 0 Å². The average Bonchev–Trinajstić information content (AvgIpc) is 2.71.